The first-order valence-electron chi connectivity index (χ1n) is 16.2. The van der Waals surface area contributed by atoms with Crippen molar-refractivity contribution in [3.05, 3.63) is 0 Å². The molecule has 0 spiro atoms. The van der Waals surface area contributed by atoms with Crippen LogP contribution in [0.4, 0.5) is 4.79 Å². The van der Waals surface area contributed by atoms with Gasteiger partial charge in [0, 0.05) is 39.3 Å². The summed E-state index contributed by atoms with van der Waals surface area (Å²) in [7, 11) is 0.0674. The van der Waals surface area contributed by atoms with E-state index in [0.29, 0.717) is 45.9 Å². The SMILES string of the molecule is C[C@H]1CCC[C@@H](COP(=O)(N(C)C)N2C[C@@H](COP(=O)(N(C)C)N3CCN(C(=O)OCCOCCOCCO)CC3)O[C@@H](C)C2)O1. The summed E-state index contributed by atoms with van der Waals surface area (Å²) in [5.74, 6) is 0. The van der Waals surface area contributed by atoms with Crippen LogP contribution in [0.1, 0.15) is 33.1 Å². The summed E-state index contributed by atoms with van der Waals surface area (Å²) in [6, 6.07) is 0. The zero-order chi connectivity index (χ0) is 33.7. The molecule has 0 saturated carbocycles. The normalized spacial score (nSPS) is 27.9. The summed E-state index contributed by atoms with van der Waals surface area (Å²) in [5, 5.41) is 8.69. The van der Waals surface area contributed by atoms with Crippen molar-refractivity contribution >= 4 is 21.4 Å². The molecule has 0 aliphatic carbocycles. The van der Waals surface area contributed by atoms with E-state index in [9.17, 15) is 13.9 Å². The van der Waals surface area contributed by atoms with Crippen LogP contribution < -0.4 is 0 Å². The highest BCUT2D eigenvalue weighted by Crippen LogP contribution is 2.55. The summed E-state index contributed by atoms with van der Waals surface area (Å²) in [5.41, 5.74) is 0. The molecule has 270 valence electrons. The van der Waals surface area contributed by atoms with Crippen LogP contribution in [0.2, 0.25) is 0 Å². The van der Waals surface area contributed by atoms with Gasteiger partial charge in [-0.2, -0.15) is 0 Å². The van der Waals surface area contributed by atoms with Crippen molar-refractivity contribution in [2.24, 2.45) is 0 Å². The van der Waals surface area contributed by atoms with Crippen LogP contribution >= 0.6 is 15.3 Å². The van der Waals surface area contributed by atoms with E-state index in [1.165, 1.54) is 0 Å². The van der Waals surface area contributed by atoms with Crippen LogP contribution in [-0.2, 0) is 41.9 Å². The van der Waals surface area contributed by atoms with Gasteiger partial charge in [0.2, 0.25) is 0 Å². The number of carbonyl (C=O) groups is 1. The van der Waals surface area contributed by atoms with E-state index in [1.807, 2.05) is 18.5 Å². The molecule has 3 rings (SSSR count). The molecule has 0 aromatic heterocycles. The number of amides is 1. The Hall–Kier alpha value is -0.710. The summed E-state index contributed by atoms with van der Waals surface area (Å²) >= 11 is 0. The first kappa shape index (κ1) is 39.7. The van der Waals surface area contributed by atoms with Crippen molar-refractivity contribution in [1.29, 1.82) is 0 Å². The Kier molecular flexibility index (Phi) is 16.8. The zero-order valence-corrected chi connectivity index (χ0v) is 30.3. The van der Waals surface area contributed by atoms with Crippen LogP contribution in [0.15, 0.2) is 0 Å². The van der Waals surface area contributed by atoms with Crippen molar-refractivity contribution in [3.8, 4) is 0 Å². The Labute approximate surface area is 274 Å². The molecule has 3 aliphatic rings. The molecule has 0 aromatic rings. The smallest absolute Gasteiger partial charge is 0.409 e. The van der Waals surface area contributed by atoms with Gasteiger partial charge >= 0.3 is 21.4 Å². The van der Waals surface area contributed by atoms with Gasteiger partial charge in [-0.1, -0.05) is 0 Å². The molecule has 3 saturated heterocycles. The third kappa shape index (κ3) is 11.7. The Balaban J connectivity index is 1.49. The van der Waals surface area contributed by atoms with E-state index in [4.69, 9.17) is 37.8 Å². The molecule has 16 nitrogen and oxygen atoms in total. The summed E-state index contributed by atoms with van der Waals surface area (Å²) in [6.45, 7) is 7.53. The van der Waals surface area contributed by atoms with Gasteiger partial charge in [0.25, 0.3) is 0 Å². The van der Waals surface area contributed by atoms with E-state index < -0.39 is 27.5 Å². The minimum atomic E-state index is -3.45. The second-order valence-electron chi connectivity index (χ2n) is 12.2. The van der Waals surface area contributed by atoms with Crippen LogP contribution in [0.5, 0.6) is 0 Å². The van der Waals surface area contributed by atoms with E-state index in [-0.39, 0.29) is 64.5 Å². The monoisotopic (exact) mass is 701 g/mol. The van der Waals surface area contributed by atoms with E-state index in [2.05, 4.69) is 0 Å². The Morgan fingerprint density at radius 3 is 1.93 bits per heavy atom. The Morgan fingerprint density at radius 2 is 1.33 bits per heavy atom. The number of morpholine rings is 1. The highest BCUT2D eigenvalue weighted by molar-refractivity contribution is 7.54. The number of ether oxygens (including phenoxy) is 5. The number of piperazine rings is 1. The maximum atomic E-state index is 14.2. The number of hydrogen-bond donors (Lipinski definition) is 1. The fraction of sp³-hybridized carbons (Fsp3) is 0.964. The summed E-state index contributed by atoms with van der Waals surface area (Å²) < 4.78 is 75.4. The standard InChI is InChI=1S/C28H57N5O11P2/c1-24-8-7-9-26(43-24)22-41-46(37,30(5)6)33-20-25(2)44-27(21-33)23-42-45(36,29(3)4)32-12-10-31(11-13-32)28(35)40-19-18-39-17-16-38-15-14-34/h24-27,34H,7-23H2,1-6H3/t24-,25-,26-,27-,45?,46?/m0/s1. The second-order valence-corrected chi connectivity index (χ2v) is 17.4. The maximum Gasteiger partial charge on any atom is 0.409 e. The Morgan fingerprint density at radius 1 is 0.761 bits per heavy atom. The molecule has 1 amide bonds. The van der Waals surface area contributed by atoms with Crippen LogP contribution in [0.25, 0.3) is 0 Å². The number of carbonyl (C=O) groups excluding carboxylic acids is 1. The van der Waals surface area contributed by atoms with Crippen molar-refractivity contribution in [3.63, 3.8) is 0 Å². The summed E-state index contributed by atoms with van der Waals surface area (Å²) in [4.78, 5) is 14.1. The lowest BCUT2D eigenvalue weighted by atomic mass is 10.1. The number of hydrogen-bond acceptors (Lipinski definition) is 11. The molecule has 46 heavy (non-hydrogen) atoms. The van der Waals surface area contributed by atoms with Gasteiger partial charge in [-0.25, -0.2) is 23.5 Å². The largest absolute Gasteiger partial charge is 0.447 e. The van der Waals surface area contributed by atoms with Gasteiger partial charge in [0.15, 0.2) is 0 Å². The predicted octanol–water partition coefficient (Wildman–Crippen LogP) is 2.19. The van der Waals surface area contributed by atoms with Gasteiger partial charge in [-0.15, -0.1) is 0 Å². The van der Waals surface area contributed by atoms with Gasteiger partial charge in [0.05, 0.1) is 70.7 Å². The highest BCUT2D eigenvalue weighted by atomic mass is 31.2. The molecule has 0 bridgehead atoms. The molecule has 3 heterocycles. The lowest BCUT2D eigenvalue weighted by molar-refractivity contribution is -0.0822. The van der Waals surface area contributed by atoms with Gasteiger partial charge in [-0.05, 0) is 61.3 Å². The van der Waals surface area contributed by atoms with Crippen LogP contribution in [-0.4, -0.2) is 180 Å². The quantitative estimate of drug-likeness (QED) is 0.164. The average molecular weight is 702 g/mol. The topological polar surface area (TPSA) is 152 Å². The number of aliphatic hydroxyl groups excluding tert-OH is 1. The van der Waals surface area contributed by atoms with Gasteiger partial charge < -0.3 is 42.7 Å². The van der Waals surface area contributed by atoms with Crippen molar-refractivity contribution in [2.75, 3.05) is 120 Å². The second kappa shape index (κ2) is 19.5. The summed E-state index contributed by atoms with van der Waals surface area (Å²) in [6.07, 6.45) is 1.83. The van der Waals surface area contributed by atoms with E-state index in [1.54, 1.807) is 47.1 Å². The maximum absolute atomic E-state index is 14.2. The molecule has 2 unspecified atom stereocenters. The van der Waals surface area contributed by atoms with E-state index >= 15 is 0 Å². The lowest BCUT2D eigenvalue weighted by Crippen LogP contribution is -2.50. The number of rotatable bonds is 18. The minimum absolute atomic E-state index is 0.0280. The fourth-order valence-corrected chi connectivity index (χ4v) is 9.63. The van der Waals surface area contributed by atoms with Crippen molar-refractivity contribution in [1.82, 2.24) is 23.6 Å². The molecular weight excluding hydrogens is 644 g/mol. The van der Waals surface area contributed by atoms with Crippen LogP contribution in [0, 0.1) is 0 Å². The number of nitrogens with zero attached hydrogens (tertiary/aromatic N) is 5. The van der Waals surface area contributed by atoms with Gasteiger partial charge in [-0.3, -0.25) is 9.13 Å². The first-order chi connectivity index (χ1) is 21.9. The number of aliphatic hydroxyl groups is 1. The minimum Gasteiger partial charge on any atom is -0.447 e. The molecule has 6 atom stereocenters. The van der Waals surface area contributed by atoms with Crippen LogP contribution in [0.3, 0.4) is 0 Å². The van der Waals surface area contributed by atoms with Crippen molar-refractivity contribution < 1.29 is 51.8 Å². The lowest BCUT2D eigenvalue weighted by Gasteiger charge is -2.43. The average Bonchev–Trinajstić information content (AvgIpc) is 3.03. The zero-order valence-electron chi connectivity index (χ0n) is 28.5. The molecule has 18 heteroatoms. The first-order valence-corrected chi connectivity index (χ1v) is 19.3. The van der Waals surface area contributed by atoms with E-state index in [0.717, 1.165) is 19.3 Å². The van der Waals surface area contributed by atoms with Crippen molar-refractivity contribution in [2.45, 2.75) is 57.5 Å². The Bertz CT molecular complexity index is 1000. The third-order valence-corrected chi connectivity index (χ3v) is 13.2. The molecule has 3 fully saturated rings. The molecule has 0 aromatic carbocycles. The third-order valence-electron chi connectivity index (χ3n) is 8.03. The molecule has 1 N–H and O–H groups in total. The predicted molar refractivity (Wildman–Crippen MR) is 172 cm³/mol. The molecule has 0 radical (unpaired) electrons. The fourth-order valence-electron chi connectivity index (χ4n) is 5.60. The molecule has 3 aliphatic heterocycles. The van der Waals surface area contributed by atoms with Gasteiger partial charge in [0.1, 0.15) is 6.61 Å². The molecular formula is C28H57N5O11P2. The highest BCUT2D eigenvalue weighted by Gasteiger charge is 2.43.